The van der Waals surface area contributed by atoms with Crippen LogP contribution in [-0.2, 0) is 16.6 Å². The number of thiophene rings is 1. The fraction of sp³-hybridized carbons (Fsp3) is 0.417. The fourth-order valence-corrected chi connectivity index (χ4v) is 3.64. The molecule has 0 aromatic carbocycles. The second-order valence-electron chi connectivity index (χ2n) is 4.35. The van der Waals surface area contributed by atoms with E-state index in [0.717, 1.165) is 23.7 Å². The molecule has 8 heteroatoms. The van der Waals surface area contributed by atoms with E-state index < -0.39 is 10.0 Å². The fourth-order valence-electron chi connectivity index (χ4n) is 1.59. The van der Waals surface area contributed by atoms with Crippen molar-refractivity contribution in [1.82, 2.24) is 15.0 Å². The standard InChI is InChI=1S/C12H17N3O2S3/c1-20(16,17)14-5-2-4-13-7-11-9-19-12(15-11)10-3-6-18-8-10/h3,6,8-9,13-14H,2,4-5,7H2,1H3. The predicted molar refractivity (Wildman–Crippen MR) is 84.6 cm³/mol. The lowest BCUT2D eigenvalue weighted by Gasteiger charge is -2.03. The van der Waals surface area contributed by atoms with Gasteiger partial charge in [-0.3, -0.25) is 0 Å². The summed E-state index contributed by atoms with van der Waals surface area (Å²) >= 11 is 3.31. The lowest BCUT2D eigenvalue weighted by atomic mass is 10.3. The van der Waals surface area contributed by atoms with E-state index in [1.165, 1.54) is 11.8 Å². The van der Waals surface area contributed by atoms with Crippen LogP contribution in [0.5, 0.6) is 0 Å². The molecule has 0 unspecified atom stereocenters. The van der Waals surface area contributed by atoms with Gasteiger partial charge < -0.3 is 5.32 Å². The number of nitrogens with zero attached hydrogens (tertiary/aromatic N) is 1. The molecule has 20 heavy (non-hydrogen) atoms. The lowest BCUT2D eigenvalue weighted by Crippen LogP contribution is -2.26. The number of thiazole rings is 1. The highest BCUT2D eigenvalue weighted by molar-refractivity contribution is 7.88. The van der Waals surface area contributed by atoms with Crippen molar-refractivity contribution < 1.29 is 8.42 Å². The largest absolute Gasteiger partial charge is 0.311 e. The van der Waals surface area contributed by atoms with Crippen LogP contribution in [0.3, 0.4) is 0 Å². The third-order valence-electron chi connectivity index (χ3n) is 2.52. The Balaban J connectivity index is 1.68. The zero-order valence-corrected chi connectivity index (χ0v) is 13.6. The molecule has 0 fully saturated rings. The van der Waals surface area contributed by atoms with Crippen molar-refractivity contribution >= 4 is 32.7 Å². The van der Waals surface area contributed by atoms with Gasteiger partial charge in [0.15, 0.2) is 0 Å². The second kappa shape index (κ2) is 7.28. The molecule has 0 aliphatic rings. The molecule has 2 N–H and O–H groups in total. The zero-order valence-electron chi connectivity index (χ0n) is 11.1. The summed E-state index contributed by atoms with van der Waals surface area (Å²) in [7, 11) is -3.07. The van der Waals surface area contributed by atoms with E-state index in [4.69, 9.17) is 0 Å². The van der Waals surface area contributed by atoms with Crippen molar-refractivity contribution in [3.63, 3.8) is 0 Å². The summed E-state index contributed by atoms with van der Waals surface area (Å²) in [6, 6.07) is 2.07. The Hall–Kier alpha value is -0.800. The van der Waals surface area contributed by atoms with Gasteiger partial charge >= 0.3 is 0 Å². The summed E-state index contributed by atoms with van der Waals surface area (Å²) in [5, 5.41) is 10.5. The van der Waals surface area contributed by atoms with Crippen LogP contribution in [0.2, 0.25) is 0 Å². The Bertz CT molecular complexity index is 620. The molecule has 0 aliphatic heterocycles. The number of aromatic nitrogens is 1. The minimum absolute atomic E-state index is 0.461. The topological polar surface area (TPSA) is 71.1 Å². The van der Waals surface area contributed by atoms with E-state index in [1.54, 1.807) is 22.7 Å². The van der Waals surface area contributed by atoms with Crippen molar-refractivity contribution in [2.75, 3.05) is 19.3 Å². The predicted octanol–water partition coefficient (Wildman–Crippen LogP) is 1.90. The molecule has 0 aliphatic carbocycles. The van der Waals surface area contributed by atoms with Gasteiger partial charge in [0.1, 0.15) is 5.01 Å². The van der Waals surface area contributed by atoms with Crippen LogP contribution < -0.4 is 10.0 Å². The number of hydrogen-bond donors (Lipinski definition) is 2. The van der Waals surface area contributed by atoms with E-state index in [9.17, 15) is 8.42 Å². The van der Waals surface area contributed by atoms with Crippen molar-refractivity contribution in [3.05, 3.63) is 27.9 Å². The zero-order chi connectivity index (χ0) is 14.4. The first kappa shape index (κ1) is 15.6. The molecule has 5 nitrogen and oxygen atoms in total. The second-order valence-corrected chi connectivity index (χ2v) is 7.82. The summed E-state index contributed by atoms with van der Waals surface area (Å²) in [5.74, 6) is 0. The Kier molecular flexibility index (Phi) is 5.67. The molecule has 2 rings (SSSR count). The molecule has 0 atom stereocenters. The van der Waals surface area contributed by atoms with E-state index in [0.29, 0.717) is 13.1 Å². The maximum absolute atomic E-state index is 10.9. The molecule has 110 valence electrons. The summed E-state index contributed by atoms with van der Waals surface area (Å²) in [6.45, 7) is 1.93. The minimum atomic E-state index is -3.07. The van der Waals surface area contributed by atoms with Crippen LogP contribution in [0.4, 0.5) is 0 Å². The number of sulfonamides is 1. The van der Waals surface area contributed by atoms with E-state index in [1.807, 2.05) is 5.38 Å². The highest BCUT2D eigenvalue weighted by Gasteiger charge is 2.04. The smallest absolute Gasteiger partial charge is 0.208 e. The maximum Gasteiger partial charge on any atom is 0.208 e. The summed E-state index contributed by atoms with van der Waals surface area (Å²) in [6.07, 6.45) is 1.93. The molecule has 2 aromatic heterocycles. The Morgan fingerprint density at radius 1 is 1.30 bits per heavy atom. The SMILES string of the molecule is CS(=O)(=O)NCCCNCc1csc(-c2ccsc2)n1. The molecule has 0 saturated carbocycles. The summed E-state index contributed by atoms with van der Waals surface area (Å²) in [4.78, 5) is 4.56. The Morgan fingerprint density at radius 2 is 2.15 bits per heavy atom. The van der Waals surface area contributed by atoms with Gasteiger partial charge in [-0.25, -0.2) is 18.1 Å². The lowest BCUT2D eigenvalue weighted by molar-refractivity contribution is 0.578. The highest BCUT2D eigenvalue weighted by Crippen LogP contribution is 2.25. The minimum Gasteiger partial charge on any atom is -0.311 e. The van der Waals surface area contributed by atoms with Crippen LogP contribution in [0.1, 0.15) is 12.1 Å². The van der Waals surface area contributed by atoms with Gasteiger partial charge in [-0.15, -0.1) is 11.3 Å². The normalized spacial score (nSPS) is 11.8. The number of nitrogens with one attached hydrogen (secondary N) is 2. The average molecular weight is 331 g/mol. The van der Waals surface area contributed by atoms with Crippen LogP contribution in [-0.4, -0.2) is 32.7 Å². The molecule has 0 amide bonds. The first-order chi connectivity index (χ1) is 9.54. The Labute approximate surface area is 127 Å². The molecule has 0 saturated heterocycles. The van der Waals surface area contributed by atoms with Gasteiger partial charge in [-0.05, 0) is 24.4 Å². The molecule has 0 bridgehead atoms. The van der Waals surface area contributed by atoms with Crippen molar-refractivity contribution in [2.45, 2.75) is 13.0 Å². The number of rotatable bonds is 8. The monoisotopic (exact) mass is 331 g/mol. The molecule has 2 aromatic rings. The quantitative estimate of drug-likeness (QED) is 0.725. The maximum atomic E-state index is 10.9. The van der Waals surface area contributed by atoms with Crippen molar-refractivity contribution in [3.8, 4) is 10.6 Å². The van der Waals surface area contributed by atoms with Crippen LogP contribution in [0, 0.1) is 0 Å². The average Bonchev–Trinajstić information content (AvgIpc) is 3.02. The summed E-state index contributed by atoms with van der Waals surface area (Å²) in [5.41, 5.74) is 2.19. The molecule has 2 heterocycles. The van der Waals surface area contributed by atoms with E-state index in [2.05, 4.69) is 31.8 Å². The van der Waals surface area contributed by atoms with Crippen molar-refractivity contribution in [1.29, 1.82) is 0 Å². The van der Waals surface area contributed by atoms with Gasteiger partial charge in [0, 0.05) is 29.4 Å². The first-order valence-corrected chi connectivity index (χ1v) is 9.88. The van der Waals surface area contributed by atoms with Gasteiger partial charge in [0.25, 0.3) is 0 Å². The van der Waals surface area contributed by atoms with Crippen LogP contribution in [0.15, 0.2) is 22.2 Å². The molecule has 0 spiro atoms. The third-order valence-corrected chi connectivity index (χ3v) is 4.87. The van der Waals surface area contributed by atoms with Crippen molar-refractivity contribution in [2.24, 2.45) is 0 Å². The summed E-state index contributed by atoms with van der Waals surface area (Å²) < 4.78 is 24.2. The molecule has 0 radical (unpaired) electrons. The van der Waals surface area contributed by atoms with Gasteiger partial charge in [0.05, 0.1) is 11.9 Å². The number of hydrogen-bond acceptors (Lipinski definition) is 6. The van der Waals surface area contributed by atoms with Gasteiger partial charge in [-0.1, -0.05) is 0 Å². The first-order valence-electron chi connectivity index (χ1n) is 6.17. The van der Waals surface area contributed by atoms with Crippen LogP contribution in [0.25, 0.3) is 10.6 Å². The van der Waals surface area contributed by atoms with E-state index in [-0.39, 0.29) is 0 Å². The third kappa shape index (κ3) is 5.29. The highest BCUT2D eigenvalue weighted by atomic mass is 32.2. The van der Waals surface area contributed by atoms with Crippen LogP contribution >= 0.6 is 22.7 Å². The van der Waals surface area contributed by atoms with E-state index >= 15 is 0 Å². The van der Waals surface area contributed by atoms with Gasteiger partial charge in [-0.2, -0.15) is 11.3 Å². The molecular formula is C12H17N3O2S3. The molecular weight excluding hydrogens is 314 g/mol. The Morgan fingerprint density at radius 3 is 2.85 bits per heavy atom. The van der Waals surface area contributed by atoms with Gasteiger partial charge in [0.2, 0.25) is 10.0 Å².